The molecule has 0 fully saturated rings. The monoisotopic (exact) mass is 544 g/mol. The summed E-state index contributed by atoms with van der Waals surface area (Å²) in [4.78, 5) is 16.5. The highest BCUT2D eigenvalue weighted by Gasteiger charge is 2.21. The van der Waals surface area contributed by atoms with E-state index in [1.54, 1.807) is 36.8 Å². The number of fused-ring (bicyclic) bond motifs is 2. The molecule has 13 heteroatoms. The van der Waals surface area contributed by atoms with Crippen molar-refractivity contribution in [3.05, 3.63) is 89.9 Å². The number of sulfonamides is 1. The molecule has 1 aliphatic heterocycles. The topological polar surface area (TPSA) is 162 Å². The van der Waals surface area contributed by atoms with Gasteiger partial charge in [-0.25, -0.2) is 22.5 Å². The number of pyridine rings is 2. The quantitative estimate of drug-likeness (QED) is 0.216. The minimum Gasteiger partial charge on any atom is -0.506 e. The fraction of sp³-hybridized carbons (Fsp3) is 0.0769. The molecule has 0 saturated carbocycles. The maximum Gasteiger partial charge on any atom is 0.209 e. The zero-order chi connectivity index (χ0) is 27.1. The highest BCUT2D eigenvalue weighted by atomic mass is 32.2. The van der Waals surface area contributed by atoms with E-state index in [1.807, 2.05) is 12.1 Å². The Bertz CT molecular complexity index is 1910. The Balaban J connectivity index is 1.41. The molecule has 39 heavy (non-hydrogen) atoms. The van der Waals surface area contributed by atoms with E-state index < -0.39 is 15.8 Å². The summed E-state index contributed by atoms with van der Waals surface area (Å²) in [7, 11) is -3.44. The highest BCUT2D eigenvalue weighted by molar-refractivity contribution is 7.88. The summed E-state index contributed by atoms with van der Waals surface area (Å²) in [5.74, 6) is 0.498. The minimum atomic E-state index is -3.44. The Kier molecular flexibility index (Phi) is 5.93. The van der Waals surface area contributed by atoms with Crippen LogP contribution in [-0.2, 0) is 16.6 Å². The first kappa shape index (κ1) is 24.5. The molecule has 4 aromatic heterocycles. The fourth-order valence-corrected chi connectivity index (χ4v) is 4.75. The van der Waals surface area contributed by atoms with Crippen LogP contribution in [0.15, 0.2) is 67.3 Å². The van der Waals surface area contributed by atoms with E-state index in [0.29, 0.717) is 56.5 Å². The molecule has 0 spiro atoms. The molecule has 0 amide bonds. The molecule has 0 bridgehead atoms. The molecule has 6 rings (SSSR count). The number of halogens is 1. The molecule has 0 saturated heterocycles. The summed E-state index contributed by atoms with van der Waals surface area (Å²) in [6.07, 6.45) is 10.9. The summed E-state index contributed by atoms with van der Waals surface area (Å²) in [6, 6.07) is 7.79. The number of rotatable bonds is 6. The molecule has 196 valence electrons. The molecule has 1 aliphatic rings. The fourth-order valence-electron chi connectivity index (χ4n) is 4.33. The number of imidazole rings is 1. The lowest BCUT2D eigenvalue weighted by atomic mass is 10.00. The van der Waals surface area contributed by atoms with Gasteiger partial charge in [-0.1, -0.05) is 6.08 Å². The summed E-state index contributed by atoms with van der Waals surface area (Å²) in [5, 5.41) is 21.1. The van der Waals surface area contributed by atoms with Crippen LogP contribution in [0.1, 0.15) is 16.8 Å². The smallest absolute Gasteiger partial charge is 0.209 e. The van der Waals surface area contributed by atoms with E-state index in [9.17, 15) is 17.9 Å². The number of nitrogens with one attached hydrogen (secondary N) is 4. The van der Waals surface area contributed by atoms with Crippen molar-refractivity contribution in [2.45, 2.75) is 6.54 Å². The van der Waals surface area contributed by atoms with Crippen molar-refractivity contribution < 1.29 is 17.9 Å². The van der Waals surface area contributed by atoms with Gasteiger partial charge < -0.3 is 15.4 Å². The summed E-state index contributed by atoms with van der Waals surface area (Å²) in [6.45, 7) is -0.0453. The van der Waals surface area contributed by atoms with E-state index >= 15 is 0 Å². The third-order valence-electron chi connectivity index (χ3n) is 6.05. The molecule has 5 heterocycles. The number of nitrogens with zero attached hydrogens (tertiary/aromatic N) is 4. The van der Waals surface area contributed by atoms with Crippen molar-refractivity contribution in [1.82, 2.24) is 34.9 Å². The number of anilines is 1. The Hall–Kier alpha value is -4.88. The second kappa shape index (κ2) is 9.45. The lowest BCUT2D eigenvalue weighted by molar-refractivity contribution is 0.473. The van der Waals surface area contributed by atoms with Gasteiger partial charge in [-0.05, 0) is 47.5 Å². The molecule has 1 aromatic carbocycles. The van der Waals surface area contributed by atoms with Crippen molar-refractivity contribution in [1.29, 1.82) is 0 Å². The Morgan fingerprint density at radius 2 is 1.95 bits per heavy atom. The van der Waals surface area contributed by atoms with Gasteiger partial charge in [0.1, 0.15) is 17.3 Å². The van der Waals surface area contributed by atoms with Crippen LogP contribution in [-0.4, -0.2) is 49.9 Å². The Labute approximate surface area is 221 Å². The largest absolute Gasteiger partial charge is 0.506 e. The number of aromatic hydroxyl groups is 1. The van der Waals surface area contributed by atoms with Crippen molar-refractivity contribution in [2.24, 2.45) is 0 Å². The Morgan fingerprint density at radius 3 is 2.77 bits per heavy atom. The van der Waals surface area contributed by atoms with Crippen LogP contribution >= 0.6 is 0 Å². The van der Waals surface area contributed by atoms with Gasteiger partial charge in [-0.15, -0.1) is 0 Å². The molecule has 5 N–H and O–H groups in total. The lowest BCUT2D eigenvalue weighted by Crippen LogP contribution is -2.21. The van der Waals surface area contributed by atoms with Crippen molar-refractivity contribution in [3.63, 3.8) is 0 Å². The van der Waals surface area contributed by atoms with Crippen LogP contribution in [0.3, 0.4) is 0 Å². The van der Waals surface area contributed by atoms with Crippen molar-refractivity contribution in [3.8, 4) is 28.5 Å². The SMILES string of the molecule is CS(=O)(=O)NCc1cc(F)cc(C2=CC=CNc3nc(-c4n[nH]c5cnc(-c6cncc(O)c6)cc45)[nH]c32)c1. The first-order valence-electron chi connectivity index (χ1n) is 11.7. The van der Waals surface area contributed by atoms with E-state index in [-0.39, 0.29) is 12.3 Å². The van der Waals surface area contributed by atoms with Crippen molar-refractivity contribution >= 4 is 32.3 Å². The Morgan fingerprint density at radius 1 is 1.08 bits per heavy atom. The van der Waals surface area contributed by atoms with Gasteiger partial charge in [0.15, 0.2) is 11.6 Å². The van der Waals surface area contributed by atoms with Gasteiger partial charge in [0, 0.05) is 35.5 Å². The second-order valence-electron chi connectivity index (χ2n) is 8.95. The van der Waals surface area contributed by atoms with Crippen LogP contribution in [0.4, 0.5) is 10.2 Å². The van der Waals surface area contributed by atoms with Gasteiger partial charge in [0.2, 0.25) is 10.0 Å². The number of H-pyrrole nitrogens is 2. The number of benzene rings is 1. The summed E-state index contributed by atoms with van der Waals surface area (Å²) in [5.41, 5.74) is 4.73. The zero-order valence-corrected chi connectivity index (χ0v) is 21.2. The van der Waals surface area contributed by atoms with Gasteiger partial charge in [-0.3, -0.25) is 15.1 Å². The van der Waals surface area contributed by atoms with Gasteiger partial charge in [0.05, 0.1) is 35.6 Å². The molecule has 0 atom stereocenters. The minimum absolute atomic E-state index is 0.0302. The van der Waals surface area contributed by atoms with E-state index in [4.69, 9.17) is 4.98 Å². The number of allylic oxidation sites excluding steroid dienone is 2. The summed E-state index contributed by atoms with van der Waals surface area (Å²) < 4.78 is 40.0. The third-order valence-corrected chi connectivity index (χ3v) is 6.72. The van der Waals surface area contributed by atoms with Crippen LogP contribution in [0, 0.1) is 5.82 Å². The molecule has 5 aromatic rings. The third kappa shape index (κ3) is 5.00. The molecule has 0 radical (unpaired) electrons. The molecular weight excluding hydrogens is 523 g/mol. The number of aromatic amines is 2. The van der Waals surface area contributed by atoms with Crippen LogP contribution in [0.25, 0.3) is 39.3 Å². The highest BCUT2D eigenvalue weighted by Crippen LogP contribution is 2.35. The molecule has 0 unspecified atom stereocenters. The van der Waals surface area contributed by atoms with E-state index in [2.05, 4.69) is 35.2 Å². The van der Waals surface area contributed by atoms with Gasteiger partial charge in [-0.2, -0.15) is 5.10 Å². The average molecular weight is 545 g/mol. The van der Waals surface area contributed by atoms with Crippen LogP contribution in [0.2, 0.25) is 0 Å². The molecule has 11 nitrogen and oxygen atoms in total. The van der Waals surface area contributed by atoms with Crippen molar-refractivity contribution in [2.75, 3.05) is 11.6 Å². The van der Waals surface area contributed by atoms with E-state index in [1.165, 1.54) is 18.3 Å². The standard InChI is InChI=1S/C26H21FN8O3S/c1-39(37,38)31-10-14-5-15(7-17(27)6-14)19-3-2-4-29-25-23(19)32-26(33-25)24-20-9-21(30-13-22(20)34-35-24)16-8-18(36)12-28-11-16/h2-9,11-13,29,31,36H,10H2,1H3,(H,32,33)(H,34,35). The first-order chi connectivity index (χ1) is 18.7. The number of hydrogen-bond donors (Lipinski definition) is 5. The number of hydrogen-bond acceptors (Lipinski definition) is 8. The maximum absolute atomic E-state index is 14.6. The van der Waals surface area contributed by atoms with E-state index in [0.717, 1.165) is 11.6 Å². The van der Waals surface area contributed by atoms with Gasteiger partial charge >= 0.3 is 0 Å². The zero-order valence-electron chi connectivity index (χ0n) is 20.4. The molecule has 0 aliphatic carbocycles. The summed E-state index contributed by atoms with van der Waals surface area (Å²) >= 11 is 0. The second-order valence-corrected chi connectivity index (χ2v) is 10.8. The first-order valence-corrected chi connectivity index (χ1v) is 13.6. The average Bonchev–Trinajstić information content (AvgIpc) is 3.45. The normalized spacial score (nSPS) is 13.1. The predicted octanol–water partition coefficient (Wildman–Crippen LogP) is 3.67. The van der Waals surface area contributed by atoms with Crippen LogP contribution < -0.4 is 10.0 Å². The van der Waals surface area contributed by atoms with Gasteiger partial charge in [0.25, 0.3) is 0 Å². The predicted molar refractivity (Wildman–Crippen MR) is 144 cm³/mol. The lowest BCUT2D eigenvalue weighted by Gasteiger charge is -2.10. The van der Waals surface area contributed by atoms with Crippen LogP contribution in [0.5, 0.6) is 5.75 Å². The maximum atomic E-state index is 14.6. The molecular formula is C26H21FN8O3S. The number of aromatic nitrogens is 6.